The summed E-state index contributed by atoms with van der Waals surface area (Å²) in [5, 5.41) is 11.7. The highest BCUT2D eigenvalue weighted by Gasteiger charge is 2.30. The van der Waals surface area contributed by atoms with E-state index in [9.17, 15) is 4.79 Å². The van der Waals surface area contributed by atoms with Crippen LogP contribution in [-0.2, 0) is 4.79 Å². The van der Waals surface area contributed by atoms with Gasteiger partial charge in [-0.25, -0.2) is 0 Å². The number of aliphatic carboxylic acids is 1. The molecule has 64 valence electrons. The van der Waals surface area contributed by atoms with Gasteiger partial charge in [0, 0.05) is 8.80 Å². The molecular weight excluding hydrogens is 158 g/mol. The van der Waals surface area contributed by atoms with Gasteiger partial charge in [-0.3, -0.25) is 4.79 Å². The van der Waals surface area contributed by atoms with Gasteiger partial charge in [-0.05, 0) is 18.5 Å². The maximum absolute atomic E-state index is 10.5. The Morgan fingerprint density at radius 3 is 2.55 bits per heavy atom. The summed E-state index contributed by atoms with van der Waals surface area (Å²) < 4.78 is 0. The summed E-state index contributed by atoms with van der Waals surface area (Å²) in [7, 11) is -0.629. The van der Waals surface area contributed by atoms with Crippen molar-refractivity contribution in [2.24, 2.45) is 0 Å². The van der Waals surface area contributed by atoms with Gasteiger partial charge in [0.15, 0.2) is 0 Å². The van der Waals surface area contributed by atoms with E-state index in [0.717, 1.165) is 13.0 Å². The van der Waals surface area contributed by atoms with E-state index < -0.39 is 14.8 Å². The molecule has 1 aliphatic heterocycles. The second kappa shape index (κ2) is 3.36. The molecule has 0 aromatic rings. The Morgan fingerprint density at radius 2 is 2.27 bits per heavy atom. The summed E-state index contributed by atoms with van der Waals surface area (Å²) in [6, 6.07) is -0.269. The summed E-state index contributed by atoms with van der Waals surface area (Å²) >= 11 is 0. The third kappa shape index (κ3) is 2.04. The molecule has 1 saturated heterocycles. The summed E-state index contributed by atoms with van der Waals surface area (Å²) in [5.41, 5.74) is 0.677. The van der Waals surface area contributed by atoms with Crippen LogP contribution < -0.4 is 5.32 Å². The standard InChI is InChI=1S/C7H15NO2Si/c1-11(2)5-3-6(7(9)10)8-4-5/h5-6,8,11H,3-4H2,1-2H3,(H,9,10). The van der Waals surface area contributed by atoms with E-state index >= 15 is 0 Å². The highest BCUT2D eigenvalue weighted by Crippen LogP contribution is 2.22. The maximum atomic E-state index is 10.5. The van der Waals surface area contributed by atoms with E-state index in [-0.39, 0.29) is 6.04 Å². The van der Waals surface area contributed by atoms with Crippen molar-refractivity contribution in [3.05, 3.63) is 0 Å². The van der Waals surface area contributed by atoms with Crippen molar-refractivity contribution in [1.82, 2.24) is 5.32 Å². The summed E-state index contributed by atoms with van der Waals surface area (Å²) in [4.78, 5) is 10.5. The Bertz CT molecular complexity index is 161. The van der Waals surface area contributed by atoms with Crippen LogP contribution >= 0.6 is 0 Å². The molecule has 0 amide bonds. The van der Waals surface area contributed by atoms with E-state index in [1.807, 2.05) is 0 Å². The molecule has 0 aromatic heterocycles. The van der Waals surface area contributed by atoms with Gasteiger partial charge in [0.25, 0.3) is 0 Å². The minimum Gasteiger partial charge on any atom is -0.480 e. The molecule has 11 heavy (non-hydrogen) atoms. The monoisotopic (exact) mass is 173 g/mol. The van der Waals surface area contributed by atoms with Crippen LogP contribution in [0.25, 0.3) is 0 Å². The number of nitrogens with one attached hydrogen (secondary N) is 1. The molecule has 0 aliphatic carbocycles. The smallest absolute Gasteiger partial charge is 0.320 e. The van der Waals surface area contributed by atoms with Crippen LogP contribution in [-0.4, -0.2) is 32.5 Å². The van der Waals surface area contributed by atoms with Crippen molar-refractivity contribution >= 4 is 14.8 Å². The molecule has 0 radical (unpaired) electrons. The fourth-order valence-corrected chi connectivity index (χ4v) is 2.88. The zero-order chi connectivity index (χ0) is 8.43. The first-order chi connectivity index (χ1) is 5.11. The topological polar surface area (TPSA) is 49.3 Å². The molecule has 2 N–H and O–H groups in total. The van der Waals surface area contributed by atoms with Crippen LogP contribution in [0.2, 0.25) is 18.6 Å². The summed E-state index contributed by atoms with van der Waals surface area (Å²) in [6.07, 6.45) is 0.846. The van der Waals surface area contributed by atoms with Crippen LogP contribution in [0.3, 0.4) is 0 Å². The highest BCUT2D eigenvalue weighted by molar-refractivity contribution is 6.57. The summed E-state index contributed by atoms with van der Waals surface area (Å²) in [6.45, 7) is 5.47. The van der Waals surface area contributed by atoms with Crippen molar-refractivity contribution < 1.29 is 9.90 Å². The Balaban J connectivity index is 2.41. The Labute approximate surface area is 68.4 Å². The first kappa shape index (κ1) is 8.74. The maximum Gasteiger partial charge on any atom is 0.320 e. The van der Waals surface area contributed by atoms with E-state index in [1.165, 1.54) is 0 Å². The minimum atomic E-state index is -0.692. The van der Waals surface area contributed by atoms with Crippen LogP contribution in [0, 0.1) is 0 Å². The second-order valence-corrected chi connectivity index (χ2v) is 6.97. The summed E-state index contributed by atoms with van der Waals surface area (Å²) in [5.74, 6) is -0.692. The van der Waals surface area contributed by atoms with Crippen LogP contribution in [0.15, 0.2) is 0 Å². The average Bonchev–Trinajstić information content (AvgIpc) is 2.33. The number of rotatable bonds is 2. The molecule has 0 bridgehead atoms. The Kier molecular flexibility index (Phi) is 2.67. The predicted molar refractivity (Wildman–Crippen MR) is 46.7 cm³/mol. The highest BCUT2D eigenvalue weighted by atomic mass is 28.3. The first-order valence-corrected chi connectivity index (χ1v) is 7.05. The van der Waals surface area contributed by atoms with Gasteiger partial charge in [0.05, 0.1) is 0 Å². The van der Waals surface area contributed by atoms with Gasteiger partial charge in [-0.2, -0.15) is 0 Å². The number of carbonyl (C=O) groups is 1. The van der Waals surface area contributed by atoms with Crippen molar-refractivity contribution in [2.75, 3.05) is 6.54 Å². The zero-order valence-electron chi connectivity index (χ0n) is 7.00. The molecule has 4 heteroatoms. The zero-order valence-corrected chi connectivity index (χ0v) is 8.16. The minimum absolute atomic E-state index is 0.269. The molecule has 1 aliphatic rings. The molecule has 0 aromatic carbocycles. The van der Waals surface area contributed by atoms with Crippen LogP contribution in [0.5, 0.6) is 0 Å². The van der Waals surface area contributed by atoms with Gasteiger partial charge in [-0.1, -0.05) is 13.1 Å². The van der Waals surface area contributed by atoms with Gasteiger partial charge in [0.1, 0.15) is 6.04 Å². The molecular formula is C7H15NO2Si. The molecule has 2 atom stereocenters. The van der Waals surface area contributed by atoms with Gasteiger partial charge in [-0.15, -0.1) is 0 Å². The lowest BCUT2D eigenvalue weighted by molar-refractivity contribution is -0.139. The van der Waals surface area contributed by atoms with Crippen LogP contribution in [0.4, 0.5) is 0 Å². The first-order valence-electron chi connectivity index (χ1n) is 4.07. The number of hydrogen-bond acceptors (Lipinski definition) is 2. The molecule has 2 unspecified atom stereocenters. The largest absolute Gasteiger partial charge is 0.480 e. The van der Waals surface area contributed by atoms with E-state index in [4.69, 9.17) is 5.11 Å². The normalized spacial score (nSPS) is 31.2. The average molecular weight is 173 g/mol. The number of carboxylic acids is 1. The molecule has 1 fully saturated rings. The molecule has 3 nitrogen and oxygen atoms in total. The van der Waals surface area contributed by atoms with Gasteiger partial charge in [0.2, 0.25) is 0 Å². The molecule has 0 spiro atoms. The van der Waals surface area contributed by atoms with Crippen molar-refractivity contribution in [2.45, 2.75) is 31.1 Å². The van der Waals surface area contributed by atoms with E-state index in [2.05, 4.69) is 18.4 Å². The predicted octanol–water partition coefficient (Wildman–Crippen LogP) is 0.290. The fourth-order valence-electron chi connectivity index (χ4n) is 1.46. The molecule has 1 rings (SSSR count). The van der Waals surface area contributed by atoms with Crippen molar-refractivity contribution in [3.63, 3.8) is 0 Å². The lowest BCUT2D eigenvalue weighted by atomic mass is 10.2. The lowest BCUT2D eigenvalue weighted by Crippen LogP contribution is -2.29. The third-order valence-corrected chi connectivity index (χ3v) is 4.80. The molecule has 1 heterocycles. The Morgan fingerprint density at radius 1 is 1.64 bits per heavy atom. The quantitative estimate of drug-likeness (QED) is 0.590. The lowest BCUT2D eigenvalue weighted by Gasteiger charge is -2.09. The second-order valence-electron chi connectivity index (χ2n) is 3.54. The Hall–Kier alpha value is -0.353. The number of carboxylic acid groups (broad SMARTS) is 1. The van der Waals surface area contributed by atoms with Crippen LogP contribution in [0.1, 0.15) is 6.42 Å². The third-order valence-electron chi connectivity index (χ3n) is 2.41. The van der Waals surface area contributed by atoms with Crippen molar-refractivity contribution in [3.8, 4) is 0 Å². The number of hydrogen-bond donors (Lipinski definition) is 2. The van der Waals surface area contributed by atoms with Crippen molar-refractivity contribution in [1.29, 1.82) is 0 Å². The van der Waals surface area contributed by atoms with Gasteiger partial charge >= 0.3 is 5.97 Å². The van der Waals surface area contributed by atoms with E-state index in [0.29, 0.717) is 5.54 Å². The molecule has 0 saturated carbocycles. The SMILES string of the molecule is C[SiH](C)C1CNC(C(=O)O)C1. The fraction of sp³-hybridized carbons (Fsp3) is 0.857. The van der Waals surface area contributed by atoms with Gasteiger partial charge < -0.3 is 10.4 Å². The van der Waals surface area contributed by atoms with E-state index in [1.54, 1.807) is 0 Å².